The molecule has 1 heterocycles. The van der Waals surface area contributed by atoms with Gasteiger partial charge < -0.3 is 9.84 Å². The summed E-state index contributed by atoms with van der Waals surface area (Å²) in [6.07, 6.45) is -2.56. The molecule has 1 unspecified atom stereocenters. The number of para-hydroxylation sites is 2. The SMILES string of the molecule is Oc1ccccc1OCC1CCCN(CC(F)(F)F)C1. The van der Waals surface area contributed by atoms with Gasteiger partial charge in [0.1, 0.15) is 0 Å². The summed E-state index contributed by atoms with van der Waals surface area (Å²) in [6, 6.07) is 6.59. The highest BCUT2D eigenvalue weighted by Crippen LogP contribution is 2.27. The number of halogens is 3. The van der Waals surface area contributed by atoms with Gasteiger partial charge in [-0.25, -0.2) is 0 Å². The smallest absolute Gasteiger partial charge is 0.401 e. The van der Waals surface area contributed by atoms with Crippen molar-refractivity contribution in [2.45, 2.75) is 19.0 Å². The third-order valence-corrected chi connectivity index (χ3v) is 3.35. The van der Waals surface area contributed by atoms with Crippen LogP contribution in [0.4, 0.5) is 13.2 Å². The fourth-order valence-corrected chi connectivity index (χ4v) is 2.47. The van der Waals surface area contributed by atoms with Crippen LogP contribution < -0.4 is 4.74 Å². The predicted octanol–water partition coefficient (Wildman–Crippen LogP) is 3.05. The summed E-state index contributed by atoms with van der Waals surface area (Å²) >= 11 is 0. The number of benzene rings is 1. The van der Waals surface area contributed by atoms with E-state index in [0.717, 1.165) is 12.8 Å². The molecule has 0 saturated carbocycles. The van der Waals surface area contributed by atoms with Crippen molar-refractivity contribution in [3.05, 3.63) is 24.3 Å². The van der Waals surface area contributed by atoms with Gasteiger partial charge in [-0.15, -0.1) is 0 Å². The lowest BCUT2D eigenvalue weighted by molar-refractivity contribution is -0.149. The molecule has 20 heavy (non-hydrogen) atoms. The van der Waals surface area contributed by atoms with E-state index >= 15 is 0 Å². The molecule has 112 valence electrons. The standard InChI is InChI=1S/C14H18F3NO2/c15-14(16,17)10-18-7-3-4-11(8-18)9-20-13-6-2-1-5-12(13)19/h1-2,5-6,11,19H,3-4,7-10H2. The molecule has 0 radical (unpaired) electrons. The van der Waals surface area contributed by atoms with Crippen LogP contribution in [0.1, 0.15) is 12.8 Å². The Kier molecular flexibility index (Phi) is 4.75. The number of ether oxygens (including phenoxy) is 1. The van der Waals surface area contributed by atoms with E-state index in [0.29, 0.717) is 25.4 Å². The van der Waals surface area contributed by atoms with Crippen LogP contribution in [0.25, 0.3) is 0 Å². The van der Waals surface area contributed by atoms with Crippen LogP contribution in [0.2, 0.25) is 0 Å². The molecule has 1 saturated heterocycles. The zero-order chi connectivity index (χ0) is 14.6. The van der Waals surface area contributed by atoms with E-state index in [-0.39, 0.29) is 11.7 Å². The highest BCUT2D eigenvalue weighted by molar-refractivity contribution is 5.37. The lowest BCUT2D eigenvalue weighted by atomic mass is 9.99. The molecule has 2 rings (SSSR count). The molecule has 0 spiro atoms. The first-order valence-electron chi connectivity index (χ1n) is 6.64. The number of alkyl halides is 3. The minimum absolute atomic E-state index is 0.0513. The number of hydrogen-bond acceptors (Lipinski definition) is 3. The van der Waals surface area contributed by atoms with Crippen LogP contribution in [0.15, 0.2) is 24.3 Å². The van der Waals surface area contributed by atoms with Crippen molar-refractivity contribution in [1.82, 2.24) is 4.90 Å². The van der Waals surface area contributed by atoms with E-state index in [2.05, 4.69) is 0 Å². The number of rotatable bonds is 4. The van der Waals surface area contributed by atoms with Crippen molar-refractivity contribution in [2.75, 3.05) is 26.2 Å². The maximum atomic E-state index is 12.4. The van der Waals surface area contributed by atoms with Gasteiger partial charge in [-0.3, -0.25) is 4.90 Å². The Morgan fingerprint density at radius 1 is 1.30 bits per heavy atom. The normalized spacial score (nSPS) is 20.9. The van der Waals surface area contributed by atoms with Crippen LogP contribution in [0.5, 0.6) is 11.5 Å². The highest BCUT2D eigenvalue weighted by Gasteiger charge is 2.33. The molecule has 1 aromatic rings. The lowest BCUT2D eigenvalue weighted by Gasteiger charge is -2.32. The van der Waals surface area contributed by atoms with Crippen molar-refractivity contribution in [1.29, 1.82) is 0 Å². The van der Waals surface area contributed by atoms with Crippen molar-refractivity contribution in [3.63, 3.8) is 0 Å². The van der Waals surface area contributed by atoms with Gasteiger partial charge in [0.05, 0.1) is 13.2 Å². The largest absolute Gasteiger partial charge is 0.504 e. The van der Waals surface area contributed by atoms with E-state index in [1.165, 1.54) is 11.0 Å². The predicted molar refractivity (Wildman–Crippen MR) is 68.8 cm³/mol. The Bertz CT molecular complexity index is 437. The van der Waals surface area contributed by atoms with E-state index in [9.17, 15) is 18.3 Å². The van der Waals surface area contributed by atoms with Gasteiger partial charge >= 0.3 is 6.18 Å². The summed E-state index contributed by atoms with van der Waals surface area (Å²) in [5.41, 5.74) is 0. The second-order valence-electron chi connectivity index (χ2n) is 5.14. The Morgan fingerprint density at radius 2 is 2.05 bits per heavy atom. The highest BCUT2D eigenvalue weighted by atomic mass is 19.4. The number of hydrogen-bond donors (Lipinski definition) is 1. The first kappa shape index (κ1) is 15.0. The average Bonchev–Trinajstić information content (AvgIpc) is 2.36. The zero-order valence-corrected chi connectivity index (χ0v) is 11.1. The molecule has 1 aliphatic rings. The molecule has 1 atom stereocenters. The Labute approximate surface area is 116 Å². The van der Waals surface area contributed by atoms with E-state index in [1.54, 1.807) is 18.2 Å². The molecule has 1 aliphatic heterocycles. The third-order valence-electron chi connectivity index (χ3n) is 3.35. The van der Waals surface area contributed by atoms with Gasteiger partial charge in [0.2, 0.25) is 0 Å². The zero-order valence-electron chi connectivity index (χ0n) is 11.1. The first-order chi connectivity index (χ1) is 9.44. The van der Waals surface area contributed by atoms with E-state index in [4.69, 9.17) is 4.74 Å². The maximum Gasteiger partial charge on any atom is 0.401 e. The van der Waals surface area contributed by atoms with Crippen molar-refractivity contribution in [2.24, 2.45) is 5.92 Å². The number of nitrogens with zero attached hydrogens (tertiary/aromatic N) is 1. The van der Waals surface area contributed by atoms with Crippen LogP contribution in [0.3, 0.4) is 0 Å². The average molecular weight is 289 g/mol. The molecule has 6 heteroatoms. The molecular weight excluding hydrogens is 271 g/mol. The number of phenolic OH excluding ortho intramolecular Hbond substituents is 1. The molecule has 1 fully saturated rings. The topological polar surface area (TPSA) is 32.7 Å². The van der Waals surface area contributed by atoms with Gasteiger partial charge in [0.25, 0.3) is 0 Å². The molecular formula is C14H18F3NO2. The molecule has 3 nitrogen and oxygen atoms in total. The number of likely N-dealkylation sites (tertiary alicyclic amines) is 1. The first-order valence-corrected chi connectivity index (χ1v) is 6.64. The molecule has 0 bridgehead atoms. The van der Waals surface area contributed by atoms with Gasteiger partial charge in [0, 0.05) is 12.5 Å². The second-order valence-corrected chi connectivity index (χ2v) is 5.14. The van der Waals surface area contributed by atoms with Crippen molar-refractivity contribution < 1.29 is 23.0 Å². The maximum absolute atomic E-state index is 12.4. The lowest BCUT2D eigenvalue weighted by Crippen LogP contribution is -2.42. The van der Waals surface area contributed by atoms with Crippen molar-refractivity contribution >= 4 is 0 Å². The third kappa shape index (κ3) is 4.59. The summed E-state index contributed by atoms with van der Waals surface area (Å²) in [5.74, 6) is 0.488. The van der Waals surface area contributed by atoms with Crippen LogP contribution in [0, 0.1) is 5.92 Å². The Morgan fingerprint density at radius 3 is 2.75 bits per heavy atom. The summed E-state index contributed by atoms with van der Waals surface area (Å²) < 4.78 is 42.6. The van der Waals surface area contributed by atoms with E-state index < -0.39 is 12.7 Å². The quantitative estimate of drug-likeness (QED) is 0.924. The van der Waals surface area contributed by atoms with Gasteiger partial charge in [-0.2, -0.15) is 13.2 Å². The summed E-state index contributed by atoms with van der Waals surface area (Å²) in [6.45, 7) is 0.325. The molecule has 0 aliphatic carbocycles. The van der Waals surface area contributed by atoms with Crippen LogP contribution in [-0.4, -0.2) is 42.4 Å². The summed E-state index contributed by atoms with van der Waals surface area (Å²) in [7, 11) is 0. The van der Waals surface area contributed by atoms with Crippen molar-refractivity contribution in [3.8, 4) is 11.5 Å². The monoisotopic (exact) mass is 289 g/mol. The number of aromatic hydroxyl groups is 1. The minimum atomic E-state index is -4.15. The number of phenols is 1. The molecule has 0 aromatic heterocycles. The van der Waals surface area contributed by atoms with Crippen LogP contribution in [-0.2, 0) is 0 Å². The second kappa shape index (κ2) is 6.35. The van der Waals surface area contributed by atoms with Crippen LogP contribution >= 0.6 is 0 Å². The molecule has 1 aromatic carbocycles. The Balaban J connectivity index is 1.83. The molecule has 0 amide bonds. The summed E-state index contributed by atoms with van der Waals surface area (Å²) in [4.78, 5) is 1.42. The van der Waals surface area contributed by atoms with Gasteiger partial charge in [0.15, 0.2) is 11.5 Å². The number of piperidine rings is 1. The van der Waals surface area contributed by atoms with Gasteiger partial charge in [-0.05, 0) is 31.5 Å². The van der Waals surface area contributed by atoms with Gasteiger partial charge in [-0.1, -0.05) is 12.1 Å². The molecule has 1 N–H and O–H groups in total. The fraction of sp³-hybridized carbons (Fsp3) is 0.571. The fourth-order valence-electron chi connectivity index (χ4n) is 2.47. The van der Waals surface area contributed by atoms with E-state index in [1.807, 2.05) is 0 Å². The summed E-state index contributed by atoms with van der Waals surface area (Å²) in [5, 5.41) is 9.56. The Hall–Kier alpha value is -1.43. The minimum Gasteiger partial charge on any atom is -0.504 e.